The van der Waals surface area contributed by atoms with E-state index in [1.165, 1.54) is 12.3 Å². The summed E-state index contributed by atoms with van der Waals surface area (Å²) in [5, 5.41) is 10.4. The second-order valence-electron chi connectivity index (χ2n) is 10.1. The van der Waals surface area contributed by atoms with E-state index < -0.39 is 11.9 Å². The number of rotatable bonds is 12. The fourth-order valence-electron chi connectivity index (χ4n) is 4.86. The Balaban J connectivity index is 1.53. The molecule has 2 aromatic heterocycles. The average Bonchev–Trinajstić information content (AvgIpc) is 3.82. The van der Waals surface area contributed by atoms with Gasteiger partial charge in [0.1, 0.15) is 11.8 Å². The van der Waals surface area contributed by atoms with E-state index >= 15 is 0 Å². The van der Waals surface area contributed by atoms with Crippen LogP contribution in [0, 0.1) is 17.8 Å². The molecular weight excluding hydrogens is 470 g/mol. The van der Waals surface area contributed by atoms with Crippen molar-refractivity contribution in [1.29, 1.82) is 0 Å². The molecule has 1 unspecified atom stereocenters. The fraction of sp³-hybridized carbons (Fsp3) is 0.519. The van der Waals surface area contributed by atoms with Gasteiger partial charge in [0.25, 0.3) is 5.91 Å². The Morgan fingerprint density at radius 1 is 1.22 bits per heavy atom. The summed E-state index contributed by atoms with van der Waals surface area (Å²) in [6, 6.07) is 2.87. The molecule has 2 saturated carbocycles. The first-order chi connectivity index (χ1) is 17.8. The van der Waals surface area contributed by atoms with Gasteiger partial charge in [-0.3, -0.25) is 19.3 Å². The van der Waals surface area contributed by atoms with Crippen LogP contribution >= 0.6 is 0 Å². The number of nitrogens with two attached hydrogens (primary N) is 1. The highest BCUT2D eigenvalue weighted by molar-refractivity contribution is 6.43. The van der Waals surface area contributed by atoms with Crippen LogP contribution in [0.2, 0.25) is 0 Å². The van der Waals surface area contributed by atoms with Crippen molar-refractivity contribution in [3.8, 4) is 5.88 Å². The number of carbonyl (C=O) groups excluding carboxylic acids is 2. The first kappa shape index (κ1) is 26.4. The lowest BCUT2D eigenvalue weighted by Gasteiger charge is -2.27. The van der Waals surface area contributed by atoms with E-state index in [1.807, 2.05) is 32.9 Å². The molecule has 4 rings (SSSR count). The molecule has 2 aliphatic rings. The lowest BCUT2D eigenvalue weighted by Crippen LogP contribution is -2.51. The number of pyridine rings is 1. The lowest BCUT2D eigenvalue weighted by atomic mass is 9.88. The van der Waals surface area contributed by atoms with Crippen molar-refractivity contribution in [2.75, 3.05) is 12.4 Å². The van der Waals surface area contributed by atoms with Gasteiger partial charge in [0.2, 0.25) is 11.8 Å². The van der Waals surface area contributed by atoms with E-state index in [0.29, 0.717) is 23.4 Å². The topological polar surface area (TPSA) is 137 Å². The summed E-state index contributed by atoms with van der Waals surface area (Å²) in [7, 11) is 1.58. The number of aliphatic imine (C=N–C) groups is 1. The highest BCUT2D eigenvalue weighted by Crippen LogP contribution is 2.50. The van der Waals surface area contributed by atoms with Gasteiger partial charge in [-0.05, 0) is 88.6 Å². The smallest absolute Gasteiger partial charge is 0.270 e. The quantitative estimate of drug-likeness (QED) is 0.378. The second-order valence-corrected chi connectivity index (χ2v) is 10.1. The Labute approximate surface area is 217 Å². The molecule has 2 amide bonds. The molecule has 2 aromatic rings. The molecule has 0 bridgehead atoms. The molecule has 2 aliphatic carbocycles. The van der Waals surface area contributed by atoms with Crippen LogP contribution in [0.25, 0.3) is 0 Å². The van der Waals surface area contributed by atoms with Crippen LogP contribution in [0.5, 0.6) is 5.88 Å². The molecule has 0 saturated heterocycles. The Kier molecular flexibility index (Phi) is 8.25. The number of methoxy groups -OCH3 is 1. The number of hydrogen-bond acceptors (Lipinski definition) is 7. The van der Waals surface area contributed by atoms with E-state index in [1.54, 1.807) is 30.4 Å². The predicted octanol–water partition coefficient (Wildman–Crippen LogP) is 3.08. The number of anilines is 1. The molecule has 10 nitrogen and oxygen atoms in total. The molecule has 2 atom stereocenters. The van der Waals surface area contributed by atoms with Crippen molar-refractivity contribution in [3.05, 3.63) is 48.6 Å². The molecule has 10 heteroatoms. The number of nitrogens with one attached hydrogen (secondary N) is 2. The summed E-state index contributed by atoms with van der Waals surface area (Å²) in [6.45, 7) is 5.76. The summed E-state index contributed by atoms with van der Waals surface area (Å²) in [6.07, 6.45) is 12.2. The normalized spacial score (nSPS) is 17.7. The summed E-state index contributed by atoms with van der Waals surface area (Å²) in [5.41, 5.74) is 7.21. The van der Waals surface area contributed by atoms with Crippen LogP contribution in [0.4, 0.5) is 5.69 Å². The van der Waals surface area contributed by atoms with E-state index in [9.17, 15) is 9.59 Å². The number of ether oxygens (including phenoxy) is 1. The summed E-state index contributed by atoms with van der Waals surface area (Å²) >= 11 is 0. The Bertz CT molecular complexity index is 1150. The summed E-state index contributed by atoms with van der Waals surface area (Å²) in [4.78, 5) is 35.5. The standard InChI is InChI=1S/C27H37N7O3/c1-16(2)31-22(11-12-28)25(35)33-24(23(18-7-8-18)19-9-10-19)26(36)32-20-14-30-34(15-20)17(3)21-6-5-13-29-27(21)37-4/h5-6,11-19,23-24H,7-10,28H2,1-4H3,(H,32,36)(H,33,35)/t17-,24?/m0/s1. The van der Waals surface area contributed by atoms with Crippen LogP contribution in [0.1, 0.15) is 58.1 Å². The van der Waals surface area contributed by atoms with Gasteiger partial charge in [0.15, 0.2) is 0 Å². The molecule has 2 fully saturated rings. The van der Waals surface area contributed by atoms with Crippen molar-refractivity contribution < 1.29 is 14.3 Å². The lowest BCUT2D eigenvalue weighted by molar-refractivity contribution is -0.124. The van der Waals surface area contributed by atoms with Gasteiger partial charge >= 0.3 is 0 Å². The Morgan fingerprint density at radius 2 is 1.92 bits per heavy atom. The number of hydrogen-bond donors (Lipinski definition) is 3. The van der Waals surface area contributed by atoms with Crippen LogP contribution < -0.4 is 21.1 Å². The highest BCUT2D eigenvalue weighted by atomic mass is 16.5. The Morgan fingerprint density at radius 3 is 2.51 bits per heavy atom. The Hall–Kier alpha value is -3.69. The molecule has 0 spiro atoms. The molecule has 2 heterocycles. The van der Waals surface area contributed by atoms with Crippen molar-refractivity contribution in [1.82, 2.24) is 20.1 Å². The number of aromatic nitrogens is 3. The fourth-order valence-corrected chi connectivity index (χ4v) is 4.86. The SMILES string of the molecule is COc1ncccc1[C@H](C)n1cc(NC(=O)C(NC(=O)C(C=CN)=NC(C)C)C(C2CC2)C2CC2)cn1. The van der Waals surface area contributed by atoms with Gasteiger partial charge in [-0.1, -0.05) is 0 Å². The maximum absolute atomic E-state index is 13.6. The van der Waals surface area contributed by atoms with E-state index in [4.69, 9.17) is 10.5 Å². The molecule has 37 heavy (non-hydrogen) atoms. The maximum Gasteiger partial charge on any atom is 0.270 e. The minimum atomic E-state index is -0.671. The van der Waals surface area contributed by atoms with E-state index in [0.717, 1.165) is 31.2 Å². The van der Waals surface area contributed by atoms with Crippen molar-refractivity contribution in [3.63, 3.8) is 0 Å². The minimum Gasteiger partial charge on any atom is -0.481 e. The van der Waals surface area contributed by atoms with Gasteiger partial charge in [-0.2, -0.15) is 5.10 Å². The predicted molar refractivity (Wildman–Crippen MR) is 142 cm³/mol. The zero-order valence-electron chi connectivity index (χ0n) is 21.9. The van der Waals surface area contributed by atoms with Crippen LogP contribution in [0.3, 0.4) is 0 Å². The van der Waals surface area contributed by atoms with Gasteiger partial charge in [0.05, 0.1) is 25.0 Å². The van der Waals surface area contributed by atoms with Gasteiger partial charge in [-0.15, -0.1) is 0 Å². The van der Waals surface area contributed by atoms with Gasteiger partial charge in [0, 0.05) is 24.0 Å². The molecular formula is C27H37N7O3. The van der Waals surface area contributed by atoms with Crippen LogP contribution in [-0.2, 0) is 9.59 Å². The third-order valence-electron chi connectivity index (χ3n) is 6.88. The highest BCUT2D eigenvalue weighted by Gasteiger charge is 2.48. The monoisotopic (exact) mass is 507 g/mol. The first-order valence-corrected chi connectivity index (χ1v) is 12.9. The van der Waals surface area contributed by atoms with Crippen LogP contribution in [-0.4, -0.2) is 51.5 Å². The number of amides is 2. The van der Waals surface area contributed by atoms with E-state index in [-0.39, 0.29) is 29.6 Å². The zero-order chi connectivity index (χ0) is 26.5. The zero-order valence-corrected chi connectivity index (χ0v) is 21.9. The molecule has 0 radical (unpaired) electrons. The molecule has 198 valence electrons. The maximum atomic E-state index is 13.6. The second kappa shape index (κ2) is 11.6. The van der Waals surface area contributed by atoms with Crippen LogP contribution in [0.15, 0.2) is 48.0 Å². The van der Waals surface area contributed by atoms with Gasteiger partial charge in [-0.25, -0.2) is 4.98 Å². The average molecular weight is 508 g/mol. The molecule has 0 aromatic carbocycles. The van der Waals surface area contributed by atoms with Gasteiger partial charge < -0.3 is 21.1 Å². The van der Waals surface area contributed by atoms with E-state index in [2.05, 4.69) is 25.7 Å². The molecule has 0 aliphatic heterocycles. The number of nitrogens with zero attached hydrogens (tertiary/aromatic N) is 4. The number of carbonyl (C=O) groups is 2. The largest absolute Gasteiger partial charge is 0.481 e. The molecule has 4 N–H and O–H groups in total. The third kappa shape index (κ3) is 6.55. The third-order valence-corrected chi connectivity index (χ3v) is 6.88. The summed E-state index contributed by atoms with van der Waals surface area (Å²) < 4.78 is 7.14. The van der Waals surface area contributed by atoms with Crippen molar-refractivity contribution >= 4 is 23.2 Å². The first-order valence-electron chi connectivity index (χ1n) is 12.9. The van der Waals surface area contributed by atoms with Crippen molar-refractivity contribution in [2.45, 2.75) is 64.6 Å². The minimum absolute atomic E-state index is 0.0850. The summed E-state index contributed by atoms with van der Waals surface area (Å²) in [5.74, 6) is 0.874. The van der Waals surface area contributed by atoms with Crippen molar-refractivity contribution in [2.24, 2.45) is 28.5 Å².